The second kappa shape index (κ2) is 5.47. The highest BCUT2D eigenvalue weighted by molar-refractivity contribution is 4.93. The van der Waals surface area contributed by atoms with E-state index in [1.807, 2.05) is 6.07 Å². The molecular formula is C13H20N2O2. The summed E-state index contributed by atoms with van der Waals surface area (Å²) in [6.07, 6.45) is 6.30. The lowest BCUT2D eigenvalue weighted by atomic mass is 10.0. The summed E-state index contributed by atoms with van der Waals surface area (Å²) in [5.41, 5.74) is 6.06. The van der Waals surface area contributed by atoms with Crippen molar-refractivity contribution >= 4 is 0 Å². The van der Waals surface area contributed by atoms with Crippen molar-refractivity contribution in [2.75, 3.05) is 13.2 Å². The van der Waals surface area contributed by atoms with Crippen molar-refractivity contribution in [2.24, 2.45) is 5.73 Å². The first kappa shape index (κ1) is 12.3. The molecule has 1 aromatic heterocycles. The molecule has 1 aromatic rings. The molecule has 0 bridgehead atoms. The lowest BCUT2D eigenvalue weighted by Crippen LogP contribution is -2.41. The van der Waals surface area contributed by atoms with Crippen molar-refractivity contribution in [1.82, 2.24) is 4.57 Å². The Kier molecular flexibility index (Phi) is 3.97. The molecule has 0 aliphatic heterocycles. The highest BCUT2D eigenvalue weighted by Crippen LogP contribution is 2.27. The number of nitrogens with zero attached hydrogens (tertiary/aromatic N) is 1. The minimum Gasteiger partial charge on any atom is -0.378 e. The molecule has 1 aliphatic rings. The normalized spacial score (nSPS) is 18.4. The molecule has 1 saturated carbocycles. The average Bonchev–Trinajstić information content (AvgIpc) is 2.74. The lowest BCUT2D eigenvalue weighted by molar-refractivity contribution is 0.0806. The average molecular weight is 236 g/mol. The first-order valence-electron chi connectivity index (χ1n) is 6.22. The van der Waals surface area contributed by atoms with E-state index in [4.69, 9.17) is 10.5 Å². The monoisotopic (exact) mass is 236 g/mol. The molecule has 0 spiro atoms. The molecule has 4 heteroatoms. The van der Waals surface area contributed by atoms with Gasteiger partial charge in [0.15, 0.2) is 0 Å². The van der Waals surface area contributed by atoms with Gasteiger partial charge in [0.25, 0.3) is 5.56 Å². The fourth-order valence-electron chi connectivity index (χ4n) is 2.31. The number of hydrogen-bond donors (Lipinski definition) is 1. The van der Waals surface area contributed by atoms with Crippen molar-refractivity contribution in [2.45, 2.75) is 37.8 Å². The summed E-state index contributed by atoms with van der Waals surface area (Å²) in [7, 11) is 0. The van der Waals surface area contributed by atoms with Crippen LogP contribution in [0.4, 0.5) is 0 Å². The third-order valence-electron chi connectivity index (χ3n) is 3.36. The van der Waals surface area contributed by atoms with E-state index in [9.17, 15) is 4.79 Å². The third kappa shape index (κ3) is 3.41. The molecule has 0 saturated heterocycles. The molecule has 0 amide bonds. The summed E-state index contributed by atoms with van der Waals surface area (Å²) in [6, 6.07) is 5.15. The molecule has 17 heavy (non-hydrogen) atoms. The van der Waals surface area contributed by atoms with Crippen molar-refractivity contribution in [1.29, 1.82) is 0 Å². The Balaban J connectivity index is 1.73. The van der Waals surface area contributed by atoms with Crippen LogP contribution in [0.1, 0.15) is 25.7 Å². The van der Waals surface area contributed by atoms with E-state index in [2.05, 4.69) is 0 Å². The SMILES string of the molecule is NC1(COCCn2ccccc2=O)CCCC1. The van der Waals surface area contributed by atoms with Gasteiger partial charge >= 0.3 is 0 Å². The van der Waals surface area contributed by atoms with Crippen molar-refractivity contribution in [3.05, 3.63) is 34.7 Å². The van der Waals surface area contributed by atoms with Crippen LogP contribution in [0, 0.1) is 0 Å². The zero-order chi connectivity index (χ0) is 12.1. The maximum absolute atomic E-state index is 11.4. The Morgan fingerprint density at radius 3 is 2.82 bits per heavy atom. The second-order valence-corrected chi connectivity index (χ2v) is 4.85. The Labute approximate surface area is 101 Å². The lowest BCUT2D eigenvalue weighted by Gasteiger charge is -2.23. The van der Waals surface area contributed by atoms with Crippen LogP contribution in [0.5, 0.6) is 0 Å². The molecule has 1 heterocycles. The van der Waals surface area contributed by atoms with E-state index in [1.165, 1.54) is 12.8 Å². The van der Waals surface area contributed by atoms with Gasteiger partial charge in [-0.2, -0.15) is 0 Å². The van der Waals surface area contributed by atoms with Gasteiger partial charge in [-0.05, 0) is 18.9 Å². The van der Waals surface area contributed by atoms with Gasteiger partial charge in [0, 0.05) is 24.3 Å². The molecule has 94 valence electrons. The highest BCUT2D eigenvalue weighted by atomic mass is 16.5. The van der Waals surface area contributed by atoms with Crippen molar-refractivity contribution in [3.63, 3.8) is 0 Å². The first-order chi connectivity index (χ1) is 8.20. The van der Waals surface area contributed by atoms with Crippen LogP contribution in [0.2, 0.25) is 0 Å². The topological polar surface area (TPSA) is 57.2 Å². The van der Waals surface area contributed by atoms with Crippen LogP contribution in [-0.4, -0.2) is 23.3 Å². The van der Waals surface area contributed by atoms with Crippen LogP contribution in [0.25, 0.3) is 0 Å². The van der Waals surface area contributed by atoms with Gasteiger partial charge in [-0.15, -0.1) is 0 Å². The Bertz CT molecular complexity index is 408. The van der Waals surface area contributed by atoms with E-state index in [0.29, 0.717) is 19.8 Å². The molecule has 4 nitrogen and oxygen atoms in total. The maximum atomic E-state index is 11.4. The summed E-state index contributed by atoms with van der Waals surface area (Å²) < 4.78 is 7.25. The second-order valence-electron chi connectivity index (χ2n) is 4.85. The molecule has 1 fully saturated rings. The predicted octanol–water partition coefficient (Wildman–Crippen LogP) is 1.14. The van der Waals surface area contributed by atoms with Crippen molar-refractivity contribution < 1.29 is 4.74 Å². The van der Waals surface area contributed by atoms with Crippen LogP contribution >= 0.6 is 0 Å². The Hall–Kier alpha value is -1.13. The van der Waals surface area contributed by atoms with Gasteiger partial charge in [0.2, 0.25) is 0 Å². The van der Waals surface area contributed by atoms with Gasteiger partial charge in [0.1, 0.15) is 0 Å². The fraction of sp³-hybridized carbons (Fsp3) is 0.615. The standard InChI is InChI=1S/C13H20N2O2/c14-13(6-2-3-7-13)11-17-10-9-15-8-4-1-5-12(15)16/h1,4-5,8H,2-3,6-7,9-11,14H2. The first-order valence-corrected chi connectivity index (χ1v) is 6.22. The van der Waals surface area contributed by atoms with E-state index in [1.54, 1.807) is 22.9 Å². The zero-order valence-electron chi connectivity index (χ0n) is 10.1. The fourth-order valence-corrected chi connectivity index (χ4v) is 2.31. The summed E-state index contributed by atoms with van der Waals surface area (Å²) in [4.78, 5) is 11.4. The summed E-state index contributed by atoms with van der Waals surface area (Å²) in [5.74, 6) is 0. The maximum Gasteiger partial charge on any atom is 0.250 e. The predicted molar refractivity (Wildman–Crippen MR) is 66.9 cm³/mol. The quantitative estimate of drug-likeness (QED) is 0.780. The van der Waals surface area contributed by atoms with Crippen LogP contribution < -0.4 is 11.3 Å². The number of ether oxygens (including phenoxy) is 1. The minimum absolute atomic E-state index is 0.0134. The van der Waals surface area contributed by atoms with Gasteiger partial charge in [0.05, 0.1) is 13.2 Å². The van der Waals surface area contributed by atoms with Gasteiger partial charge < -0.3 is 15.0 Å². The van der Waals surface area contributed by atoms with Crippen molar-refractivity contribution in [3.8, 4) is 0 Å². The van der Waals surface area contributed by atoms with Crippen LogP contribution in [0.3, 0.4) is 0 Å². The molecule has 0 radical (unpaired) electrons. The van der Waals surface area contributed by atoms with E-state index < -0.39 is 0 Å². The Morgan fingerprint density at radius 1 is 1.35 bits per heavy atom. The molecule has 0 atom stereocenters. The zero-order valence-corrected chi connectivity index (χ0v) is 10.1. The summed E-state index contributed by atoms with van der Waals surface area (Å²) in [5, 5.41) is 0. The summed E-state index contributed by atoms with van der Waals surface area (Å²) in [6.45, 7) is 1.74. The van der Waals surface area contributed by atoms with Crippen LogP contribution in [0.15, 0.2) is 29.2 Å². The number of rotatable bonds is 5. The Morgan fingerprint density at radius 2 is 2.12 bits per heavy atom. The minimum atomic E-state index is -0.123. The van der Waals surface area contributed by atoms with E-state index >= 15 is 0 Å². The molecule has 2 rings (SSSR count). The number of hydrogen-bond acceptors (Lipinski definition) is 3. The van der Waals surface area contributed by atoms with E-state index in [0.717, 1.165) is 12.8 Å². The van der Waals surface area contributed by atoms with Gasteiger partial charge in [-0.1, -0.05) is 18.9 Å². The van der Waals surface area contributed by atoms with Gasteiger partial charge in [-0.3, -0.25) is 4.79 Å². The highest BCUT2D eigenvalue weighted by Gasteiger charge is 2.29. The van der Waals surface area contributed by atoms with Crippen LogP contribution in [-0.2, 0) is 11.3 Å². The number of aromatic nitrogens is 1. The number of nitrogens with two attached hydrogens (primary N) is 1. The van der Waals surface area contributed by atoms with Gasteiger partial charge in [-0.25, -0.2) is 0 Å². The molecule has 1 aliphatic carbocycles. The molecular weight excluding hydrogens is 216 g/mol. The summed E-state index contributed by atoms with van der Waals surface area (Å²) >= 11 is 0. The smallest absolute Gasteiger partial charge is 0.250 e. The number of pyridine rings is 1. The molecule has 2 N–H and O–H groups in total. The third-order valence-corrected chi connectivity index (χ3v) is 3.36. The van der Waals surface area contributed by atoms with E-state index in [-0.39, 0.29) is 11.1 Å². The molecule has 0 unspecified atom stereocenters. The largest absolute Gasteiger partial charge is 0.378 e. The molecule has 0 aromatic carbocycles.